The summed E-state index contributed by atoms with van der Waals surface area (Å²) >= 11 is 0. The van der Waals surface area contributed by atoms with Crippen LogP contribution in [0.2, 0.25) is 0 Å². The van der Waals surface area contributed by atoms with E-state index in [0.29, 0.717) is 0 Å². The Hall–Kier alpha value is -5.14. The highest BCUT2D eigenvalue weighted by molar-refractivity contribution is 6.22. The molecule has 220 valence electrons. The van der Waals surface area contributed by atoms with Crippen molar-refractivity contribution in [2.45, 2.75) is 45.4 Å². The van der Waals surface area contributed by atoms with Crippen LogP contribution in [0.25, 0.3) is 71.3 Å². The molecule has 0 N–H and O–H groups in total. The van der Waals surface area contributed by atoms with E-state index in [1.165, 1.54) is 99.1 Å². The van der Waals surface area contributed by atoms with Crippen LogP contribution >= 0.6 is 0 Å². The van der Waals surface area contributed by atoms with Crippen LogP contribution in [-0.4, -0.2) is 4.57 Å². The largest absolute Gasteiger partial charge is 0.308 e. The van der Waals surface area contributed by atoms with Crippen molar-refractivity contribution in [2.75, 3.05) is 0 Å². The minimum atomic E-state index is -0.169. The summed E-state index contributed by atoms with van der Waals surface area (Å²) in [5.41, 5.74) is 16.0. The van der Waals surface area contributed by atoms with E-state index in [9.17, 15) is 0 Å². The summed E-state index contributed by atoms with van der Waals surface area (Å²) in [5.74, 6) is 0. The lowest BCUT2D eigenvalue weighted by atomic mass is 9.67. The van der Waals surface area contributed by atoms with Crippen LogP contribution in [0.15, 0.2) is 121 Å². The molecular formula is C45H35N. The number of nitrogens with zero attached hydrogens (tertiary/aromatic N) is 1. The van der Waals surface area contributed by atoms with Crippen molar-refractivity contribution in [3.05, 3.63) is 149 Å². The first-order chi connectivity index (χ1) is 22.3. The average Bonchev–Trinajstić information content (AvgIpc) is 3.39. The number of para-hydroxylation sites is 1. The molecular weight excluding hydrogens is 555 g/mol. The van der Waals surface area contributed by atoms with Gasteiger partial charge in [-0.1, -0.05) is 136 Å². The molecule has 8 aromatic rings. The molecule has 0 saturated carbocycles. The highest BCUT2D eigenvalue weighted by Crippen LogP contribution is 2.57. The average molecular weight is 590 g/mol. The minimum Gasteiger partial charge on any atom is -0.308 e. The summed E-state index contributed by atoms with van der Waals surface area (Å²) in [7, 11) is 0. The van der Waals surface area contributed by atoms with Crippen LogP contribution in [-0.2, 0) is 10.8 Å². The molecule has 2 aliphatic heterocycles. The van der Waals surface area contributed by atoms with Crippen molar-refractivity contribution in [1.29, 1.82) is 0 Å². The lowest BCUT2D eigenvalue weighted by molar-refractivity contribution is 0.594. The summed E-state index contributed by atoms with van der Waals surface area (Å²) < 4.78 is 2.63. The van der Waals surface area contributed by atoms with Crippen molar-refractivity contribution in [3.63, 3.8) is 0 Å². The molecule has 0 aliphatic carbocycles. The molecule has 0 atom stereocenters. The van der Waals surface area contributed by atoms with Gasteiger partial charge in [-0.25, -0.2) is 0 Å². The van der Waals surface area contributed by atoms with Gasteiger partial charge < -0.3 is 4.57 Å². The fourth-order valence-electron chi connectivity index (χ4n) is 9.16. The van der Waals surface area contributed by atoms with Gasteiger partial charge in [0.25, 0.3) is 0 Å². The second-order valence-corrected chi connectivity index (χ2v) is 14.6. The lowest BCUT2D eigenvalue weighted by Crippen LogP contribution is -2.33. The first kappa shape index (κ1) is 26.1. The predicted octanol–water partition coefficient (Wildman–Crippen LogP) is 12.0. The Morgan fingerprint density at radius 2 is 0.913 bits per heavy atom. The third-order valence-electron chi connectivity index (χ3n) is 11.3. The zero-order chi connectivity index (χ0) is 31.1. The molecule has 1 nitrogen and oxygen atoms in total. The fraction of sp³-hybridized carbons (Fsp3) is 0.156. The van der Waals surface area contributed by atoms with Gasteiger partial charge in [-0.3, -0.25) is 0 Å². The number of aryl methyl sites for hydroxylation is 1. The summed E-state index contributed by atoms with van der Waals surface area (Å²) in [4.78, 5) is 0. The van der Waals surface area contributed by atoms with Gasteiger partial charge in [0.05, 0.1) is 16.7 Å². The Morgan fingerprint density at radius 3 is 1.52 bits per heavy atom. The standard InChI is InChI=1S/C45H35N/c1-26-22-34-33-20-13-21-35-41(33)46-42(34)36(23-26)45(4,5)38-25-28(24-37(43(38)46)44(35,2)3)40-31-18-11-9-16-29(31)39(27-14-7-6-8-15-27)30-17-10-12-19-32(30)40/h6-25H,1-5H3. The van der Waals surface area contributed by atoms with Gasteiger partial charge in [-0.05, 0) is 91.2 Å². The maximum Gasteiger partial charge on any atom is 0.0582 e. The second kappa shape index (κ2) is 8.56. The Labute approximate surface area is 269 Å². The lowest BCUT2D eigenvalue weighted by Gasteiger charge is -2.42. The Kier molecular flexibility index (Phi) is 4.86. The SMILES string of the molecule is Cc1cc2c3c(c1)c1cccc4c1n3-c1c(cc(-c3c5ccccc5c(-c5ccccc5)c5ccccc35)cc1C2(C)C)C4(C)C. The Morgan fingerprint density at radius 1 is 0.413 bits per heavy atom. The van der Waals surface area contributed by atoms with Gasteiger partial charge in [0, 0.05) is 21.6 Å². The van der Waals surface area contributed by atoms with Crippen molar-refractivity contribution >= 4 is 43.4 Å². The van der Waals surface area contributed by atoms with Gasteiger partial charge in [0.2, 0.25) is 0 Å². The smallest absolute Gasteiger partial charge is 0.0582 e. The monoisotopic (exact) mass is 589 g/mol. The van der Waals surface area contributed by atoms with Crippen molar-refractivity contribution in [3.8, 4) is 27.9 Å². The summed E-state index contributed by atoms with van der Waals surface area (Å²) in [5, 5.41) is 7.96. The fourth-order valence-corrected chi connectivity index (χ4v) is 9.16. The van der Waals surface area contributed by atoms with Gasteiger partial charge in [0.1, 0.15) is 0 Å². The van der Waals surface area contributed by atoms with E-state index < -0.39 is 0 Å². The Balaban J connectivity index is 1.40. The third-order valence-corrected chi connectivity index (χ3v) is 11.3. The van der Waals surface area contributed by atoms with Crippen LogP contribution < -0.4 is 0 Å². The molecule has 1 aromatic heterocycles. The highest BCUT2D eigenvalue weighted by atomic mass is 15.0. The van der Waals surface area contributed by atoms with Crippen LogP contribution in [0.1, 0.15) is 55.5 Å². The number of hydrogen-bond donors (Lipinski definition) is 0. The van der Waals surface area contributed by atoms with E-state index in [4.69, 9.17) is 0 Å². The van der Waals surface area contributed by atoms with Gasteiger partial charge in [-0.2, -0.15) is 0 Å². The number of hydrogen-bond acceptors (Lipinski definition) is 0. The molecule has 7 aromatic carbocycles. The molecule has 2 aliphatic rings. The van der Waals surface area contributed by atoms with E-state index in [2.05, 4.69) is 161 Å². The topological polar surface area (TPSA) is 4.93 Å². The van der Waals surface area contributed by atoms with Crippen LogP contribution in [0.5, 0.6) is 0 Å². The molecule has 0 fully saturated rings. The number of rotatable bonds is 2. The van der Waals surface area contributed by atoms with Crippen LogP contribution in [0, 0.1) is 6.92 Å². The predicted molar refractivity (Wildman–Crippen MR) is 196 cm³/mol. The molecule has 0 radical (unpaired) electrons. The molecule has 0 spiro atoms. The molecule has 0 saturated heterocycles. The minimum absolute atomic E-state index is 0.164. The number of aromatic nitrogens is 1. The normalized spacial score (nSPS) is 15.4. The van der Waals surface area contributed by atoms with E-state index >= 15 is 0 Å². The summed E-state index contributed by atoms with van der Waals surface area (Å²) in [6, 6.07) is 45.9. The van der Waals surface area contributed by atoms with E-state index in [1.54, 1.807) is 0 Å². The van der Waals surface area contributed by atoms with E-state index in [0.717, 1.165) is 0 Å². The molecule has 0 bridgehead atoms. The van der Waals surface area contributed by atoms with E-state index in [-0.39, 0.29) is 10.8 Å². The molecule has 3 heterocycles. The summed E-state index contributed by atoms with van der Waals surface area (Å²) in [6.07, 6.45) is 0. The van der Waals surface area contributed by atoms with Crippen molar-refractivity contribution < 1.29 is 0 Å². The van der Waals surface area contributed by atoms with Gasteiger partial charge >= 0.3 is 0 Å². The molecule has 0 amide bonds. The van der Waals surface area contributed by atoms with Gasteiger partial charge in [0.15, 0.2) is 0 Å². The first-order valence-electron chi connectivity index (χ1n) is 16.5. The van der Waals surface area contributed by atoms with Crippen molar-refractivity contribution in [1.82, 2.24) is 4.57 Å². The second-order valence-electron chi connectivity index (χ2n) is 14.6. The van der Waals surface area contributed by atoms with Crippen LogP contribution in [0.3, 0.4) is 0 Å². The first-order valence-corrected chi connectivity index (χ1v) is 16.5. The molecule has 10 rings (SSSR count). The van der Waals surface area contributed by atoms with Crippen molar-refractivity contribution in [2.24, 2.45) is 0 Å². The summed E-state index contributed by atoms with van der Waals surface area (Å²) in [6.45, 7) is 12.0. The maximum absolute atomic E-state index is 2.63. The molecule has 0 unspecified atom stereocenters. The Bertz CT molecular complexity index is 2570. The van der Waals surface area contributed by atoms with Gasteiger partial charge in [-0.15, -0.1) is 0 Å². The molecule has 46 heavy (non-hydrogen) atoms. The number of benzene rings is 7. The quantitative estimate of drug-likeness (QED) is 0.177. The van der Waals surface area contributed by atoms with Crippen LogP contribution in [0.4, 0.5) is 0 Å². The maximum atomic E-state index is 2.63. The molecule has 1 heteroatoms. The zero-order valence-electron chi connectivity index (χ0n) is 27.0. The van der Waals surface area contributed by atoms with E-state index in [1.807, 2.05) is 0 Å². The third kappa shape index (κ3) is 3.06. The zero-order valence-corrected chi connectivity index (χ0v) is 27.0. The highest BCUT2D eigenvalue weighted by Gasteiger charge is 2.44. The number of fused-ring (bicyclic) bond motifs is 3.